The van der Waals surface area contributed by atoms with E-state index in [-0.39, 0.29) is 18.1 Å². The molecular weight excluding hydrogens is 272 g/mol. The molecule has 6 nitrogen and oxygen atoms in total. The number of rotatable bonds is 8. The van der Waals surface area contributed by atoms with Gasteiger partial charge in [-0.3, -0.25) is 14.4 Å². The van der Waals surface area contributed by atoms with Gasteiger partial charge >= 0.3 is 5.97 Å². The molecule has 1 aromatic carbocycles. The molecule has 0 bridgehead atoms. The molecule has 21 heavy (non-hydrogen) atoms. The van der Waals surface area contributed by atoms with E-state index in [1.54, 1.807) is 30.3 Å². The third-order valence-corrected chi connectivity index (χ3v) is 2.69. The number of anilines is 1. The van der Waals surface area contributed by atoms with Crippen LogP contribution in [0.25, 0.3) is 0 Å². The maximum absolute atomic E-state index is 12.3. The molecule has 0 aliphatic carbocycles. The monoisotopic (exact) mass is 290 g/mol. The van der Waals surface area contributed by atoms with Crippen molar-refractivity contribution in [1.82, 2.24) is 5.32 Å². The summed E-state index contributed by atoms with van der Waals surface area (Å²) in [7, 11) is 0. The number of carbonyl (C=O) groups excluding carboxylic acids is 2. The first-order chi connectivity index (χ1) is 9.93. The average molecular weight is 290 g/mol. The number of benzene rings is 1. The van der Waals surface area contributed by atoms with Crippen molar-refractivity contribution >= 4 is 23.3 Å². The minimum atomic E-state index is -1.06. The van der Waals surface area contributed by atoms with Crippen molar-refractivity contribution in [3.8, 4) is 0 Å². The van der Waals surface area contributed by atoms with E-state index >= 15 is 0 Å². The van der Waals surface area contributed by atoms with Crippen LogP contribution in [0.2, 0.25) is 0 Å². The second-order valence-corrected chi connectivity index (χ2v) is 4.47. The number of Topliss-reactive ketones (excluding diaryl/α,β-unsaturated/α-hetero) is 1. The lowest BCUT2D eigenvalue weighted by atomic mass is 10.0. The minimum absolute atomic E-state index is 0.203. The fourth-order valence-electron chi connectivity index (χ4n) is 1.78. The van der Waals surface area contributed by atoms with Gasteiger partial charge in [-0.15, -0.1) is 6.58 Å². The fourth-order valence-corrected chi connectivity index (χ4v) is 1.78. The summed E-state index contributed by atoms with van der Waals surface area (Å²) in [6.07, 6.45) is 1.25. The highest BCUT2D eigenvalue weighted by atomic mass is 16.4. The summed E-state index contributed by atoms with van der Waals surface area (Å²) >= 11 is 0. The van der Waals surface area contributed by atoms with Crippen LogP contribution in [0.15, 0.2) is 36.9 Å². The molecule has 1 unspecified atom stereocenters. The number of ketones is 1. The predicted octanol–water partition coefficient (Wildman–Crippen LogP) is 1.45. The first-order valence-corrected chi connectivity index (χ1v) is 6.42. The van der Waals surface area contributed by atoms with Crippen LogP contribution < -0.4 is 10.6 Å². The zero-order chi connectivity index (χ0) is 15.8. The van der Waals surface area contributed by atoms with E-state index in [9.17, 15) is 14.4 Å². The van der Waals surface area contributed by atoms with E-state index in [2.05, 4.69) is 17.2 Å². The second-order valence-electron chi connectivity index (χ2n) is 4.47. The topological polar surface area (TPSA) is 95.5 Å². The Bertz CT molecular complexity index is 537. The highest BCUT2D eigenvalue weighted by Gasteiger charge is 2.22. The third-order valence-electron chi connectivity index (χ3n) is 2.69. The molecule has 0 aliphatic heterocycles. The van der Waals surface area contributed by atoms with Gasteiger partial charge in [0, 0.05) is 24.7 Å². The molecule has 0 aliphatic rings. The maximum Gasteiger partial charge on any atom is 0.305 e. The largest absolute Gasteiger partial charge is 0.481 e. The van der Waals surface area contributed by atoms with Crippen molar-refractivity contribution in [2.45, 2.75) is 19.4 Å². The Labute approximate surface area is 122 Å². The average Bonchev–Trinajstić information content (AvgIpc) is 2.42. The lowest BCUT2D eigenvalue weighted by molar-refractivity contribution is -0.137. The molecule has 1 aromatic rings. The van der Waals surface area contributed by atoms with Gasteiger partial charge < -0.3 is 15.7 Å². The first-order valence-electron chi connectivity index (χ1n) is 6.42. The van der Waals surface area contributed by atoms with E-state index in [0.29, 0.717) is 17.8 Å². The van der Waals surface area contributed by atoms with Gasteiger partial charge in [0.25, 0.3) is 0 Å². The Kier molecular flexibility index (Phi) is 6.29. The molecule has 0 fully saturated rings. The Hall–Kier alpha value is -2.47. The van der Waals surface area contributed by atoms with Gasteiger partial charge in [-0.25, -0.2) is 0 Å². The van der Waals surface area contributed by atoms with E-state index < -0.39 is 12.0 Å². The van der Waals surface area contributed by atoms with E-state index in [1.165, 1.54) is 6.92 Å². The fraction of sp³-hybridized carbons (Fsp3) is 0.267. The highest BCUT2D eigenvalue weighted by molar-refractivity contribution is 6.02. The number of carboxylic acid groups (broad SMARTS) is 1. The number of carbonyl (C=O) groups is 3. The van der Waals surface area contributed by atoms with Crippen LogP contribution in [0.5, 0.6) is 0 Å². The van der Waals surface area contributed by atoms with Crippen LogP contribution in [0, 0.1) is 0 Å². The van der Waals surface area contributed by atoms with Gasteiger partial charge in [0.15, 0.2) is 5.78 Å². The van der Waals surface area contributed by atoms with Crippen molar-refractivity contribution in [2.75, 3.05) is 11.9 Å². The summed E-state index contributed by atoms with van der Waals surface area (Å²) in [5.74, 6) is -1.57. The van der Waals surface area contributed by atoms with Gasteiger partial charge in [-0.1, -0.05) is 6.08 Å². The van der Waals surface area contributed by atoms with Crippen LogP contribution >= 0.6 is 0 Å². The van der Waals surface area contributed by atoms with E-state index in [1.807, 2.05) is 0 Å². The van der Waals surface area contributed by atoms with Crippen molar-refractivity contribution in [3.63, 3.8) is 0 Å². The normalized spacial score (nSPS) is 11.5. The molecule has 0 radical (unpaired) electrons. The number of hydrogen-bond acceptors (Lipinski definition) is 4. The second kappa shape index (κ2) is 7.96. The molecular formula is C15H18N2O4. The molecule has 1 atom stereocenters. The molecule has 0 heterocycles. The summed E-state index contributed by atoms with van der Waals surface area (Å²) in [5.41, 5.74) is 0.958. The van der Waals surface area contributed by atoms with Gasteiger partial charge in [-0.2, -0.15) is 0 Å². The van der Waals surface area contributed by atoms with Gasteiger partial charge in [0.2, 0.25) is 5.91 Å². The van der Waals surface area contributed by atoms with Crippen LogP contribution in [-0.2, 0) is 9.59 Å². The quantitative estimate of drug-likeness (QED) is 0.497. The smallest absolute Gasteiger partial charge is 0.305 e. The zero-order valence-corrected chi connectivity index (χ0v) is 11.8. The number of nitrogens with one attached hydrogen (secondary N) is 2. The van der Waals surface area contributed by atoms with Crippen LogP contribution in [0.3, 0.4) is 0 Å². The Morgan fingerprint density at radius 2 is 1.90 bits per heavy atom. The van der Waals surface area contributed by atoms with Gasteiger partial charge in [0.1, 0.15) is 0 Å². The molecule has 6 heteroatoms. The zero-order valence-electron chi connectivity index (χ0n) is 11.8. The number of amides is 1. The molecule has 0 spiro atoms. The third kappa shape index (κ3) is 5.58. The molecule has 0 saturated heterocycles. The molecule has 1 rings (SSSR count). The first kappa shape index (κ1) is 16.6. The van der Waals surface area contributed by atoms with E-state index in [4.69, 9.17) is 5.11 Å². The standard InChI is InChI=1S/C15H18N2O4/c1-3-8-16-13(9-14(19)20)15(21)11-4-6-12(7-5-11)17-10(2)18/h3-7,13,16H,1,8-9H2,2H3,(H,17,18)(H,19,20). The Balaban J connectivity index is 2.84. The minimum Gasteiger partial charge on any atom is -0.481 e. The molecule has 0 saturated carbocycles. The highest BCUT2D eigenvalue weighted by Crippen LogP contribution is 2.12. The molecule has 1 amide bonds. The SMILES string of the molecule is C=CCNC(CC(=O)O)C(=O)c1ccc(NC(C)=O)cc1. The Morgan fingerprint density at radius 1 is 1.29 bits per heavy atom. The van der Waals surface area contributed by atoms with Crippen LogP contribution in [-0.4, -0.2) is 35.4 Å². The number of hydrogen-bond donors (Lipinski definition) is 3. The summed E-state index contributed by atoms with van der Waals surface area (Å²) in [4.78, 5) is 34.0. The summed E-state index contributed by atoms with van der Waals surface area (Å²) in [5, 5.41) is 14.3. The molecule has 0 aromatic heterocycles. The van der Waals surface area contributed by atoms with Gasteiger partial charge in [0.05, 0.1) is 12.5 Å². The van der Waals surface area contributed by atoms with Crippen LogP contribution in [0.4, 0.5) is 5.69 Å². The van der Waals surface area contributed by atoms with Crippen molar-refractivity contribution in [1.29, 1.82) is 0 Å². The lowest BCUT2D eigenvalue weighted by Gasteiger charge is -2.15. The Morgan fingerprint density at radius 3 is 2.38 bits per heavy atom. The number of carboxylic acids is 1. The lowest BCUT2D eigenvalue weighted by Crippen LogP contribution is -2.38. The van der Waals surface area contributed by atoms with Crippen molar-refractivity contribution in [2.24, 2.45) is 0 Å². The predicted molar refractivity (Wildman–Crippen MR) is 79.3 cm³/mol. The number of aliphatic carboxylic acids is 1. The van der Waals surface area contributed by atoms with Gasteiger partial charge in [-0.05, 0) is 24.3 Å². The van der Waals surface area contributed by atoms with Crippen molar-refractivity contribution in [3.05, 3.63) is 42.5 Å². The molecule has 112 valence electrons. The summed E-state index contributed by atoms with van der Waals surface area (Å²) in [6.45, 7) is 5.25. The van der Waals surface area contributed by atoms with Crippen molar-refractivity contribution < 1.29 is 19.5 Å². The summed E-state index contributed by atoms with van der Waals surface area (Å²) in [6, 6.07) is 5.49. The molecule has 3 N–H and O–H groups in total. The van der Waals surface area contributed by atoms with Crippen LogP contribution in [0.1, 0.15) is 23.7 Å². The van der Waals surface area contributed by atoms with E-state index in [0.717, 1.165) is 0 Å². The summed E-state index contributed by atoms with van der Waals surface area (Å²) < 4.78 is 0. The maximum atomic E-state index is 12.3.